The normalized spacial score (nSPS) is 47.2. The first kappa shape index (κ1) is 22.7. The Morgan fingerprint density at radius 2 is 1.91 bits per heavy atom. The van der Waals surface area contributed by atoms with E-state index in [4.69, 9.17) is 18.9 Å². The summed E-state index contributed by atoms with van der Waals surface area (Å²) in [5, 5.41) is 0. The quantitative estimate of drug-likeness (QED) is 0.343. The standard InChI is InChI=1S/C27H30O8/c1-12-14(13-7-9-33-23(13)30)10-15-19(12)27(4)16(11-18(29)32-5)26(3)17(28)6-8-25(2)21(26)20(22(27)34-15)35-24(25)31/h6-8,14-16,20-22H,9-11H2,1-5H3/t14-,15-,16-,20-,21+,22-,25-,26+,27-/m1/s1. The van der Waals surface area contributed by atoms with E-state index in [1.165, 1.54) is 13.2 Å². The number of methoxy groups -OCH3 is 1. The van der Waals surface area contributed by atoms with Crippen LogP contribution in [0.3, 0.4) is 0 Å². The molecule has 1 saturated carbocycles. The zero-order valence-electron chi connectivity index (χ0n) is 20.6. The third kappa shape index (κ3) is 2.51. The van der Waals surface area contributed by atoms with Crippen LogP contribution in [-0.2, 0) is 38.1 Å². The maximum Gasteiger partial charge on any atom is 0.334 e. The fourth-order valence-corrected chi connectivity index (χ4v) is 8.57. The van der Waals surface area contributed by atoms with Gasteiger partial charge in [-0.2, -0.15) is 0 Å². The molecule has 0 N–H and O–H groups in total. The summed E-state index contributed by atoms with van der Waals surface area (Å²) in [6.45, 7) is 7.98. The minimum atomic E-state index is -1.05. The second-order valence-corrected chi connectivity index (χ2v) is 11.4. The predicted molar refractivity (Wildman–Crippen MR) is 120 cm³/mol. The van der Waals surface area contributed by atoms with E-state index < -0.39 is 46.3 Å². The number of fused-ring (bicyclic) bond motifs is 4. The molecule has 3 heterocycles. The second-order valence-electron chi connectivity index (χ2n) is 11.4. The summed E-state index contributed by atoms with van der Waals surface area (Å²) in [4.78, 5) is 52.0. The Balaban J connectivity index is 1.56. The number of cyclic esters (lactones) is 1. The molecule has 186 valence electrons. The van der Waals surface area contributed by atoms with Crippen molar-refractivity contribution < 1.29 is 38.1 Å². The van der Waals surface area contributed by atoms with Crippen LogP contribution in [0, 0.1) is 34.0 Å². The molecule has 0 aromatic carbocycles. The van der Waals surface area contributed by atoms with Crippen molar-refractivity contribution >= 4 is 23.7 Å². The fourth-order valence-electron chi connectivity index (χ4n) is 8.57. The first-order chi connectivity index (χ1) is 16.5. The Hall–Kier alpha value is -2.74. The van der Waals surface area contributed by atoms with Gasteiger partial charge in [-0.15, -0.1) is 0 Å². The van der Waals surface area contributed by atoms with Crippen LogP contribution in [0.5, 0.6) is 0 Å². The highest BCUT2D eigenvalue weighted by Gasteiger charge is 2.78. The number of hydrogen-bond acceptors (Lipinski definition) is 8. The smallest absolute Gasteiger partial charge is 0.334 e. The van der Waals surface area contributed by atoms with E-state index >= 15 is 0 Å². The van der Waals surface area contributed by atoms with Gasteiger partial charge in [-0.3, -0.25) is 14.4 Å². The molecule has 3 fully saturated rings. The van der Waals surface area contributed by atoms with Gasteiger partial charge in [0.25, 0.3) is 0 Å². The molecule has 0 spiro atoms. The Kier molecular flexibility index (Phi) is 4.50. The molecule has 6 rings (SSSR count). The molecular formula is C27H30O8. The Labute approximate surface area is 203 Å². The lowest BCUT2D eigenvalue weighted by Crippen LogP contribution is -2.66. The van der Waals surface area contributed by atoms with Gasteiger partial charge in [0.2, 0.25) is 0 Å². The maximum atomic E-state index is 13.7. The summed E-state index contributed by atoms with van der Waals surface area (Å²) in [5.74, 6) is -2.31. The predicted octanol–water partition coefficient (Wildman–Crippen LogP) is 2.47. The molecule has 0 bridgehead atoms. The molecular weight excluding hydrogens is 452 g/mol. The van der Waals surface area contributed by atoms with Crippen LogP contribution in [0.15, 0.2) is 34.9 Å². The zero-order valence-corrected chi connectivity index (χ0v) is 20.6. The number of allylic oxidation sites excluding steroid dienone is 2. The van der Waals surface area contributed by atoms with Gasteiger partial charge < -0.3 is 18.9 Å². The number of ketones is 1. The Bertz CT molecular complexity index is 1180. The zero-order chi connectivity index (χ0) is 25.1. The summed E-state index contributed by atoms with van der Waals surface area (Å²) in [7, 11) is 1.34. The highest BCUT2D eigenvalue weighted by molar-refractivity contribution is 6.00. The molecule has 0 radical (unpaired) electrons. The number of hydrogen-bond donors (Lipinski definition) is 0. The summed E-state index contributed by atoms with van der Waals surface area (Å²) in [6, 6.07) is 0. The van der Waals surface area contributed by atoms with Gasteiger partial charge in [-0.05, 0) is 43.9 Å². The molecule has 9 atom stereocenters. The third-order valence-electron chi connectivity index (χ3n) is 10.1. The molecule has 3 aliphatic heterocycles. The van der Waals surface area contributed by atoms with Gasteiger partial charge in [0, 0.05) is 28.2 Å². The van der Waals surface area contributed by atoms with Crippen molar-refractivity contribution in [3.05, 3.63) is 34.9 Å². The number of esters is 3. The van der Waals surface area contributed by atoms with Crippen LogP contribution in [0.4, 0.5) is 0 Å². The average Bonchev–Trinajstić information content (AvgIpc) is 3.52. The number of ether oxygens (including phenoxy) is 4. The number of rotatable bonds is 3. The average molecular weight is 483 g/mol. The third-order valence-corrected chi connectivity index (χ3v) is 10.1. The Morgan fingerprint density at radius 3 is 2.57 bits per heavy atom. The molecule has 6 aliphatic rings. The van der Waals surface area contributed by atoms with Crippen LogP contribution in [0.25, 0.3) is 0 Å². The van der Waals surface area contributed by atoms with Crippen molar-refractivity contribution in [1.82, 2.24) is 0 Å². The molecule has 3 aliphatic carbocycles. The summed E-state index contributed by atoms with van der Waals surface area (Å²) >= 11 is 0. The lowest BCUT2D eigenvalue weighted by atomic mass is 9.42. The van der Waals surface area contributed by atoms with Crippen molar-refractivity contribution in [3.63, 3.8) is 0 Å². The van der Waals surface area contributed by atoms with E-state index in [1.54, 1.807) is 6.08 Å². The van der Waals surface area contributed by atoms with Crippen LogP contribution >= 0.6 is 0 Å². The monoisotopic (exact) mass is 482 g/mol. The van der Waals surface area contributed by atoms with Crippen molar-refractivity contribution in [2.45, 2.75) is 58.8 Å². The van der Waals surface area contributed by atoms with E-state index in [1.807, 2.05) is 33.8 Å². The van der Waals surface area contributed by atoms with Crippen molar-refractivity contribution in [3.8, 4) is 0 Å². The van der Waals surface area contributed by atoms with E-state index in [9.17, 15) is 19.2 Å². The Morgan fingerprint density at radius 1 is 1.17 bits per heavy atom. The van der Waals surface area contributed by atoms with E-state index in [-0.39, 0.29) is 42.8 Å². The molecule has 35 heavy (non-hydrogen) atoms. The highest BCUT2D eigenvalue weighted by Crippen LogP contribution is 2.71. The first-order valence-corrected chi connectivity index (χ1v) is 12.2. The van der Waals surface area contributed by atoms with E-state index in [0.29, 0.717) is 12.0 Å². The molecule has 8 nitrogen and oxygen atoms in total. The van der Waals surface area contributed by atoms with Crippen LogP contribution < -0.4 is 0 Å². The lowest BCUT2D eigenvalue weighted by Gasteiger charge is -2.59. The SMILES string of the molecule is COC(=O)C[C@H]1[C@]2(C)C3=C(C)[C@H](C4=CCOC4=O)C[C@H]3O[C@@H]2[C@@H]2OC(=O)[C@]3(C)C=CC(=O)[C@@]1(C)[C@@H]23. The van der Waals surface area contributed by atoms with Crippen LogP contribution in [0.2, 0.25) is 0 Å². The van der Waals surface area contributed by atoms with Gasteiger partial charge in [0.05, 0.1) is 25.0 Å². The highest BCUT2D eigenvalue weighted by atomic mass is 16.6. The van der Waals surface area contributed by atoms with Gasteiger partial charge in [0.15, 0.2) is 5.78 Å². The largest absolute Gasteiger partial charge is 0.469 e. The van der Waals surface area contributed by atoms with Gasteiger partial charge in [-0.25, -0.2) is 4.79 Å². The van der Waals surface area contributed by atoms with Gasteiger partial charge in [0.1, 0.15) is 18.8 Å². The first-order valence-electron chi connectivity index (χ1n) is 12.2. The van der Waals surface area contributed by atoms with E-state index in [2.05, 4.69) is 0 Å². The van der Waals surface area contributed by atoms with Crippen molar-refractivity contribution in [2.75, 3.05) is 13.7 Å². The molecule has 0 amide bonds. The van der Waals surface area contributed by atoms with Crippen molar-refractivity contribution in [2.24, 2.45) is 34.0 Å². The van der Waals surface area contributed by atoms with Gasteiger partial charge in [-0.1, -0.05) is 25.5 Å². The van der Waals surface area contributed by atoms with Crippen molar-refractivity contribution in [1.29, 1.82) is 0 Å². The van der Waals surface area contributed by atoms with Crippen LogP contribution in [-0.4, -0.2) is 55.7 Å². The maximum absolute atomic E-state index is 13.7. The molecule has 8 heteroatoms. The summed E-state index contributed by atoms with van der Waals surface area (Å²) in [6.07, 6.45) is 4.12. The van der Waals surface area contributed by atoms with Crippen LogP contribution in [0.1, 0.15) is 40.5 Å². The minimum absolute atomic E-state index is 0.00926. The topological polar surface area (TPSA) is 105 Å². The molecule has 0 aromatic rings. The summed E-state index contributed by atoms with van der Waals surface area (Å²) < 4.78 is 22.9. The lowest BCUT2D eigenvalue weighted by molar-refractivity contribution is -0.190. The summed E-state index contributed by atoms with van der Waals surface area (Å²) in [5.41, 5.74) is -0.150. The number of carbonyl (C=O) groups is 4. The molecule has 0 aromatic heterocycles. The van der Waals surface area contributed by atoms with E-state index in [0.717, 1.165) is 11.1 Å². The second kappa shape index (κ2) is 6.93. The number of carbonyl (C=O) groups excluding carboxylic acids is 4. The van der Waals surface area contributed by atoms with Gasteiger partial charge >= 0.3 is 17.9 Å². The minimum Gasteiger partial charge on any atom is -0.469 e. The fraction of sp³-hybridized carbons (Fsp3) is 0.630. The molecule has 2 saturated heterocycles. The molecule has 0 unspecified atom stereocenters.